The Morgan fingerprint density at radius 3 is 2.47 bits per heavy atom. The van der Waals surface area contributed by atoms with Gasteiger partial charge >= 0.3 is 0 Å². The highest BCUT2D eigenvalue weighted by molar-refractivity contribution is 9.10. The lowest BCUT2D eigenvalue weighted by molar-refractivity contribution is -0.384. The van der Waals surface area contributed by atoms with Crippen molar-refractivity contribution < 1.29 is 9.66 Å². The number of para-hydroxylation sites is 1. The first kappa shape index (κ1) is 25.3. The maximum Gasteiger partial charge on any atom is 0.282 e. The van der Waals surface area contributed by atoms with Gasteiger partial charge in [0.05, 0.1) is 26.5 Å². The number of ether oxygens (including phenoxy) is 1. The molecule has 5 aromatic rings. The van der Waals surface area contributed by atoms with E-state index < -0.39 is 4.92 Å². The topological polar surface area (TPSA) is 99.6 Å². The van der Waals surface area contributed by atoms with Crippen molar-refractivity contribution >= 4 is 50.3 Å². The largest absolute Gasteiger partial charge is 0.487 e. The van der Waals surface area contributed by atoms with E-state index in [0.717, 1.165) is 11.1 Å². The Bertz CT molecular complexity index is 1740. The van der Waals surface area contributed by atoms with Gasteiger partial charge in [-0.1, -0.05) is 54.1 Å². The number of hydrogen-bond donors (Lipinski definition) is 0. The van der Waals surface area contributed by atoms with Gasteiger partial charge in [0.1, 0.15) is 12.4 Å². The molecular weight excluding hydrogens is 572 g/mol. The lowest BCUT2D eigenvalue weighted by Gasteiger charge is -2.13. The van der Waals surface area contributed by atoms with E-state index in [2.05, 4.69) is 21.0 Å². The maximum absolute atomic E-state index is 13.4. The van der Waals surface area contributed by atoms with Crippen molar-refractivity contribution in [3.8, 4) is 17.1 Å². The summed E-state index contributed by atoms with van der Waals surface area (Å²) in [6, 6.07) is 25.9. The summed E-state index contributed by atoms with van der Waals surface area (Å²) in [4.78, 5) is 28.6. The van der Waals surface area contributed by atoms with Gasteiger partial charge in [-0.25, -0.2) is 4.98 Å². The Labute approximate surface area is 230 Å². The fraction of sp³-hybridized carbons (Fsp3) is 0.0357. The van der Waals surface area contributed by atoms with E-state index in [4.69, 9.17) is 21.3 Å². The van der Waals surface area contributed by atoms with Gasteiger partial charge in [0.15, 0.2) is 5.82 Å². The molecule has 8 nitrogen and oxygen atoms in total. The number of non-ortho nitro benzene ring substituents is 1. The van der Waals surface area contributed by atoms with Crippen LogP contribution >= 0.6 is 27.5 Å². The molecule has 0 unspecified atom stereocenters. The predicted octanol–water partition coefficient (Wildman–Crippen LogP) is 6.85. The molecule has 0 bridgehead atoms. The molecule has 0 aliphatic rings. The second kappa shape index (κ2) is 11.0. The van der Waals surface area contributed by atoms with Crippen LogP contribution in [-0.4, -0.2) is 20.8 Å². The summed E-state index contributed by atoms with van der Waals surface area (Å²) in [6.07, 6.45) is 1.49. The molecule has 0 radical (unpaired) electrons. The molecule has 0 aliphatic carbocycles. The van der Waals surface area contributed by atoms with Gasteiger partial charge in [-0.3, -0.25) is 14.9 Å². The third-order valence-electron chi connectivity index (χ3n) is 5.67. The molecule has 0 fully saturated rings. The molecule has 38 heavy (non-hydrogen) atoms. The summed E-state index contributed by atoms with van der Waals surface area (Å²) in [7, 11) is 0. The Kier molecular flexibility index (Phi) is 7.30. The SMILES string of the molecule is O=c1c2ccccc2nc(-c2ccccc2)n1N=Cc1cc(Cl)cc(Br)c1OCc1ccc([N+](=O)[O-])cc1. The summed E-state index contributed by atoms with van der Waals surface area (Å²) >= 11 is 9.80. The lowest BCUT2D eigenvalue weighted by atomic mass is 10.2. The molecule has 0 saturated heterocycles. The van der Waals surface area contributed by atoms with Crippen molar-refractivity contribution in [3.05, 3.63) is 132 Å². The van der Waals surface area contributed by atoms with Gasteiger partial charge in [0, 0.05) is 28.3 Å². The fourth-order valence-corrected chi connectivity index (χ4v) is 4.77. The summed E-state index contributed by atoms with van der Waals surface area (Å²) in [5, 5.41) is 16.3. The number of aromatic nitrogens is 2. The number of hydrogen-bond acceptors (Lipinski definition) is 6. The van der Waals surface area contributed by atoms with Gasteiger partial charge in [-0.2, -0.15) is 9.78 Å². The highest BCUT2D eigenvalue weighted by atomic mass is 79.9. The highest BCUT2D eigenvalue weighted by Gasteiger charge is 2.14. The smallest absolute Gasteiger partial charge is 0.282 e. The highest BCUT2D eigenvalue weighted by Crippen LogP contribution is 2.33. The molecule has 0 spiro atoms. The van der Waals surface area contributed by atoms with Crippen molar-refractivity contribution in [1.82, 2.24) is 9.66 Å². The second-order valence-electron chi connectivity index (χ2n) is 8.20. The van der Waals surface area contributed by atoms with Crippen LogP contribution in [-0.2, 0) is 6.61 Å². The van der Waals surface area contributed by atoms with Crippen LogP contribution in [0.1, 0.15) is 11.1 Å². The maximum atomic E-state index is 13.4. The summed E-state index contributed by atoms with van der Waals surface area (Å²) in [5.41, 5.74) is 2.24. The fourth-order valence-electron chi connectivity index (χ4n) is 3.82. The van der Waals surface area contributed by atoms with E-state index in [0.29, 0.717) is 37.5 Å². The second-order valence-corrected chi connectivity index (χ2v) is 9.49. The minimum absolute atomic E-state index is 0.00194. The molecule has 1 heterocycles. The number of rotatable bonds is 7. The molecular formula is C28H18BrClN4O4. The van der Waals surface area contributed by atoms with Crippen LogP contribution < -0.4 is 10.3 Å². The number of benzene rings is 4. The molecule has 0 amide bonds. The average Bonchev–Trinajstić information content (AvgIpc) is 2.92. The van der Waals surface area contributed by atoms with Gasteiger partial charge in [-0.15, -0.1) is 0 Å². The summed E-state index contributed by atoms with van der Waals surface area (Å²) < 4.78 is 7.88. The van der Waals surface area contributed by atoms with E-state index in [1.807, 2.05) is 36.4 Å². The predicted molar refractivity (Wildman–Crippen MR) is 151 cm³/mol. The number of fused-ring (bicyclic) bond motifs is 1. The quantitative estimate of drug-likeness (QED) is 0.117. The zero-order valence-electron chi connectivity index (χ0n) is 19.6. The van der Waals surface area contributed by atoms with Crippen LogP contribution in [0.5, 0.6) is 5.75 Å². The molecule has 4 aromatic carbocycles. The molecule has 1 aromatic heterocycles. The zero-order chi connectivity index (χ0) is 26.6. The summed E-state index contributed by atoms with van der Waals surface area (Å²) in [6.45, 7) is 0.145. The van der Waals surface area contributed by atoms with Crippen molar-refractivity contribution in [1.29, 1.82) is 0 Å². The van der Waals surface area contributed by atoms with Crippen molar-refractivity contribution in [2.24, 2.45) is 5.10 Å². The van der Waals surface area contributed by atoms with Crippen LogP contribution in [0, 0.1) is 10.1 Å². The normalized spacial score (nSPS) is 11.2. The Balaban J connectivity index is 1.55. The minimum Gasteiger partial charge on any atom is -0.487 e. The number of halogens is 2. The number of nitro groups is 1. The first-order valence-electron chi connectivity index (χ1n) is 11.4. The molecule has 0 saturated carbocycles. The number of nitrogens with zero attached hydrogens (tertiary/aromatic N) is 4. The lowest BCUT2D eigenvalue weighted by Crippen LogP contribution is -2.20. The molecule has 5 rings (SSSR count). The molecule has 10 heteroatoms. The zero-order valence-corrected chi connectivity index (χ0v) is 22.0. The Morgan fingerprint density at radius 1 is 1.03 bits per heavy atom. The van der Waals surface area contributed by atoms with E-state index in [1.165, 1.54) is 23.0 Å². The van der Waals surface area contributed by atoms with Crippen LogP contribution in [0.3, 0.4) is 0 Å². The first-order valence-corrected chi connectivity index (χ1v) is 12.5. The van der Waals surface area contributed by atoms with Crippen molar-refractivity contribution in [2.45, 2.75) is 6.61 Å². The summed E-state index contributed by atoms with van der Waals surface area (Å²) in [5.74, 6) is 0.833. The third-order valence-corrected chi connectivity index (χ3v) is 6.47. The van der Waals surface area contributed by atoms with Crippen LogP contribution in [0.25, 0.3) is 22.3 Å². The molecule has 0 atom stereocenters. The first-order chi connectivity index (χ1) is 18.4. The van der Waals surface area contributed by atoms with E-state index >= 15 is 0 Å². The van der Waals surface area contributed by atoms with E-state index in [1.54, 1.807) is 42.5 Å². The average molecular weight is 590 g/mol. The molecule has 0 N–H and O–H groups in total. The van der Waals surface area contributed by atoms with Crippen LogP contribution in [0.4, 0.5) is 5.69 Å². The van der Waals surface area contributed by atoms with E-state index in [9.17, 15) is 14.9 Å². The van der Waals surface area contributed by atoms with Gasteiger partial charge < -0.3 is 4.74 Å². The van der Waals surface area contributed by atoms with E-state index in [-0.39, 0.29) is 17.9 Å². The van der Waals surface area contributed by atoms with Crippen LogP contribution in [0.2, 0.25) is 5.02 Å². The Morgan fingerprint density at radius 2 is 1.74 bits per heavy atom. The third kappa shape index (κ3) is 5.34. The van der Waals surface area contributed by atoms with Gasteiger partial charge in [-0.05, 0) is 57.9 Å². The number of nitro benzene ring substituents is 1. The van der Waals surface area contributed by atoms with Crippen molar-refractivity contribution in [2.75, 3.05) is 0 Å². The minimum atomic E-state index is -0.456. The van der Waals surface area contributed by atoms with Crippen molar-refractivity contribution in [3.63, 3.8) is 0 Å². The standard InChI is InChI=1S/C28H18BrClN4O4/c29-24-15-21(30)14-20(26(24)38-17-18-10-12-22(13-11-18)34(36)37)16-31-33-27(19-6-2-1-3-7-19)32-25-9-5-4-8-23(25)28(33)35/h1-16H,17H2. The van der Waals surface area contributed by atoms with Crippen LogP contribution in [0.15, 0.2) is 105 Å². The molecule has 0 aliphatic heterocycles. The van der Waals surface area contributed by atoms with Gasteiger partial charge in [0.25, 0.3) is 11.2 Å². The monoisotopic (exact) mass is 588 g/mol. The van der Waals surface area contributed by atoms with Gasteiger partial charge in [0.2, 0.25) is 0 Å². The molecule has 188 valence electrons. The Hall–Kier alpha value is -4.34.